The fourth-order valence-corrected chi connectivity index (χ4v) is 1.63. The number of unbranched alkanes of at least 4 members (excludes halogenated alkanes) is 3. The molecule has 0 rings (SSSR count). The van der Waals surface area contributed by atoms with Crippen molar-refractivity contribution in [2.45, 2.75) is 112 Å². The van der Waals surface area contributed by atoms with Gasteiger partial charge in [0.15, 0.2) is 0 Å². The summed E-state index contributed by atoms with van der Waals surface area (Å²) >= 11 is 0. The van der Waals surface area contributed by atoms with Crippen molar-refractivity contribution in [1.29, 1.82) is 0 Å². The van der Waals surface area contributed by atoms with Crippen LogP contribution in [0.4, 0.5) is 0 Å². The molecular formula is C25H59NO6. The average molecular weight is 470 g/mol. The first-order valence-electron chi connectivity index (χ1n) is 11.9. The van der Waals surface area contributed by atoms with Gasteiger partial charge in [0.2, 0.25) is 0 Å². The molecule has 7 nitrogen and oxygen atoms in total. The van der Waals surface area contributed by atoms with E-state index >= 15 is 0 Å². The molecule has 0 radical (unpaired) electrons. The van der Waals surface area contributed by atoms with Crippen LogP contribution in [-0.4, -0.2) is 78.3 Å². The van der Waals surface area contributed by atoms with Crippen molar-refractivity contribution in [2.24, 2.45) is 5.73 Å². The van der Waals surface area contributed by atoms with Crippen molar-refractivity contribution in [1.82, 2.24) is 0 Å². The Labute approximate surface area is 200 Å². The molecule has 0 spiro atoms. The van der Waals surface area contributed by atoms with E-state index in [4.69, 9.17) is 35.6 Å². The predicted molar refractivity (Wildman–Crippen MR) is 138 cm³/mol. The molecule has 0 aliphatic heterocycles. The zero-order chi connectivity index (χ0) is 26.4. The van der Waals surface area contributed by atoms with Gasteiger partial charge in [0.05, 0.1) is 38.6 Å². The SMILES string of the molecule is C/C=C(\C)C(C)O.CC.CC(C)(C)N.CC(O)CCCCCCOCCOCCO.CO. The standard InChI is InChI=1S/C12H26O4.C6H12O.C4H11N.C2H6.CH4O/c1-12(14)6-4-2-3-5-8-15-10-11-16-9-7-13;1-4-5(2)6(3)7;1-4(2,3)5;2*1-2/h12-14H,2-11H2,1H3;4,6-7H,1-3H3;5H2,1-3H3;1-2H3;2H,1H3/b;5-4+;;;. The molecule has 2 atom stereocenters. The molecule has 32 heavy (non-hydrogen) atoms. The van der Waals surface area contributed by atoms with Crippen molar-refractivity contribution in [3.8, 4) is 0 Å². The Morgan fingerprint density at radius 1 is 0.875 bits per heavy atom. The molecule has 0 saturated heterocycles. The van der Waals surface area contributed by atoms with Gasteiger partial charge >= 0.3 is 0 Å². The Bertz CT molecular complexity index is 323. The summed E-state index contributed by atoms with van der Waals surface area (Å²) in [6.07, 6.45) is 6.85. The maximum absolute atomic E-state index is 9.04. The first kappa shape index (κ1) is 41.7. The predicted octanol–water partition coefficient (Wildman–Crippen LogP) is 4.05. The summed E-state index contributed by atoms with van der Waals surface area (Å²) in [7, 11) is 1.00. The third-order valence-electron chi connectivity index (χ3n) is 3.38. The van der Waals surface area contributed by atoms with Crippen molar-refractivity contribution in [3.63, 3.8) is 0 Å². The molecule has 0 amide bonds. The molecule has 0 aromatic heterocycles. The highest BCUT2D eigenvalue weighted by Crippen LogP contribution is 2.05. The normalized spacial score (nSPS) is 12.4. The highest BCUT2D eigenvalue weighted by atomic mass is 16.5. The molecule has 2 unspecified atom stereocenters. The van der Waals surface area contributed by atoms with Gasteiger partial charge in [-0.05, 0) is 66.9 Å². The van der Waals surface area contributed by atoms with Crippen LogP contribution in [0.1, 0.15) is 94.4 Å². The number of aliphatic hydroxyl groups excluding tert-OH is 4. The lowest BCUT2D eigenvalue weighted by Gasteiger charge is -2.06. The molecule has 6 N–H and O–H groups in total. The van der Waals surface area contributed by atoms with E-state index in [-0.39, 0.29) is 24.4 Å². The number of hydrogen-bond donors (Lipinski definition) is 5. The van der Waals surface area contributed by atoms with Crippen molar-refractivity contribution in [2.75, 3.05) is 40.1 Å². The van der Waals surface area contributed by atoms with Crippen LogP contribution in [0.25, 0.3) is 0 Å². The summed E-state index contributed by atoms with van der Waals surface area (Å²) in [5.74, 6) is 0. The number of rotatable bonds is 13. The summed E-state index contributed by atoms with van der Waals surface area (Å²) in [6, 6.07) is 0. The Morgan fingerprint density at radius 3 is 1.59 bits per heavy atom. The fourth-order valence-electron chi connectivity index (χ4n) is 1.63. The lowest BCUT2D eigenvalue weighted by Crippen LogP contribution is -2.26. The zero-order valence-corrected chi connectivity index (χ0v) is 23.0. The molecule has 7 heteroatoms. The van der Waals surface area contributed by atoms with E-state index in [0.717, 1.165) is 51.4 Å². The van der Waals surface area contributed by atoms with Gasteiger partial charge in [-0.25, -0.2) is 0 Å². The number of aliphatic hydroxyl groups is 4. The Morgan fingerprint density at radius 2 is 1.28 bits per heavy atom. The van der Waals surface area contributed by atoms with Gasteiger partial charge in [-0.15, -0.1) is 0 Å². The monoisotopic (exact) mass is 469 g/mol. The van der Waals surface area contributed by atoms with E-state index in [9.17, 15) is 0 Å². The number of allylic oxidation sites excluding steroid dienone is 1. The molecule has 0 aromatic rings. The Kier molecular flexibility index (Phi) is 45.7. The lowest BCUT2D eigenvalue weighted by atomic mass is 10.1. The summed E-state index contributed by atoms with van der Waals surface area (Å²) in [6.45, 7) is 19.7. The summed E-state index contributed by atoms with van der Waals surface area (Å²) in [5.41, 5.74) is 6.38. The van der Waals surface area contributed by atoms with E-state index in [1.54, 1.807) is 6.92 Å². The van der Waals surface area contributed by atoms with Crippen molar-refractivity contribution in [3.05, 3.63) is 11.6 Å². The van der Waals surface area contributed by atoms with E-state index < -0.39 is 0 Å². The van der Waals surface area contributed by atoms with Gasteiger partial charge in [0.1, 0.15) is 0 Å². The Balaban J connectivity index is -0.000000125. The minimum atomic E-state index is -0.273. The molecular weight excluding hydrogens is 410 g/mol. The quantitative estimate of drug-likeness (QED) is 0.203. The number of nitrogens with two attached hydrogens (primary N) is 1. The van der Waals surface area contributed by atoms with E-state index in [1.807, 2.05) is 61.5 Å². The van der Waals surface area contributed by atoms with E-state index in [0.29, 0.717) is 19.8 Å². The van der Waals surface area contributed by atoms with Gasteiger partial charge in [0.25, 0.3) is 0 Å². The molecule has 0 aliphatic carbocycles. The highest BCUT2D eigenvalue weighted by molar-refractivity contribution is 5.00. The summed E-state index contributed by atoms with van der Waals surface area (Å²) in [4.78, 5) is 0. The Hall–Kier alpha value is -0.540. The van der Waals surface area contributed by atoms with Crippen LogP contribution in [0.15, 0.2) is 11.6 Å². The maximum Gasteiger partial charge on any atom is 0.0719 e. The molecule has 0 fully saturated rings. The molecule has 0 bridgehead atoms. The van der Waals surface area contributed by atoms with Gasteiger partial charge < -0.3 is 35.6 Å². The third-order valence-corrected chi connectivity index (χ3v) is 3.38. The smallest absolute Gasteiger partial charge is 0.0719 e. The van der Waals surface area contributed by atoms with Crippen LogP contribution in [-0.2, 0) is 9.47 Å². The van der Waals surface area contributed by atoms with Crippen LogP contribution in [0.3, 0.4) is 0 Å². The first-order valence-corrected chi connectivity index (χ1v) is 11.9. The number of ether oxygens (including phenoxy) is 2. The minimum Gasteiger partial charge on any atom is -0.400 e. The van der Waals surface area contributed by atoms with Gasteiger partial charge in [-0.1, -0.05) is 39.2 Å². The molecule has 0 heterocycles. The second kappa shape index (κ2) is 35.1. The van der Waals surface area contributed by atoms with Crippen molar-refractivity contribution >= 4 is 0 Å². The van der Waals surface area contributed by atoms with Crippen LogP contribution >= 0.6 is 0 Å². The van der Waals surface area contributed by atoms with Gasteiger partial charge in [0, 0.05) is 19.3 Å². The molecule has 200 valence electrons. The molecule has 0 saturated carbocycles. The van der Waals surface area contributed by atoms with Crippen LogP contribution in [0.2, 0.25) is 0 Å². The number of hydrogen-bond acceptors (Lipinski definition) is 7. The lowest BCUT2D eigenvalue weighted by molar-refractivity contribution is 0.0320. The molecule has 0 aliphatic rings. The van der Waals surface area contributed by atoms with Crippen molar-refractivity contribution < 1.29 is 29.9 Å². The van der Waals surface area contributed by atoms with Gasteiger partial charge in [-0.2, -0.15) is 0 Å². The van der Waals surface area contributed by atoms with Crippen LogP contribution < -0.4 is 5.73 Å². The minimum absolute atomic E-state index is 0. The largest absolute Gasteiger partial charge is 0.400 e. The summed E-state index contributed by atoms with van der Waals surface area (Å²) < 4.78 is 10.4. The first-order chi connectivity index (χ1) is 15.0. The van der Waals surface area contributed by atoms with Gasteiger partial charge in [-0.3, -0.25) is 0 Å². The second-order valence-electron chi connectivity index (χ2n) is 8.07. The third kappa shape index (κ3) is 70.0. The molecule has 0 aromatic carbocycles. The topological polar surface area (TPSA) is 125 Å². The van der Waals surface area contributed by atoms with Crippen LogP contribution in [0.5, 0.6) is 0 Å². The summed E-state index contributed by atoms with van der Waals surface area (Å²) in [5, 5.41) is 33.2. The fraction of sp³-hybridized carbons (Fsp3) is 0.920. The van der Waals surface area contributed by atoms with Crippen LogP contribution in [0, 0.1) is 0 Å². The second-order valence-corrected chi connectivity index (χ2v) is 8.07. The average Bonchev–Trinajstić information content (AvgIpc) is 2.73. The van der Waals surface area contributed by atoms with E-state index in [1.165, 1.54) is 0 Å². The van der Waals surface area contributed by atoms with E-state index in [2.05, 4.69) is 0 Å². The highest BCUT2D eigenvalue weighted by Gasteiger charge is 1.96. The maximum atomic E-state index is 9.04. The zero-order valence-electron chi connectivity index (χ0n) is 23.0.